The highest BCUT2D eigenvalue weighted by molar-refractivity contribution is 6.42. The summed E-state index contributed by atoms with van der Waals surface area (Å²) >= 11 is 11.9. The predicted molar refractivity (Wildman–Crippen MR) is 77.3 cm³/mol. The minimum Gasteiger partial charge on any atom is -0.392 e. The number of aliphatic hydroxyl groups excluding tert-OH is 1. The second-order valence-corrected chi connectivity index (χ2v) is 6.82. The van der Waals surface area contributed by atoms with Gasteiger partial charge in [0.25, 0.3) is 0 Å². The monoisotopic (exact) mass is 286 g/mol. The molecule has 1 saturated carbocycles. The smallest absolute Gasteiger partial charge is 0.0613 e. The van der Waals surface area contributed by atoms with Crippen molar-refractivity contribution in [2.75, 3.05) is 0 Å². The van der Waals surface area contributed by atoms with Crippen molar-refractivity contribution in [2.24, 2.45) is 11.3 Å². The van der Waals surface area contributed by atoms with E-state index in [4.69, 9.17) is 23.2 Å². The second kappa shape index (κ2) is 5.40. The topological polar surface area (TPSA) is 20.2 Å². The van der Waals surface area contributed by atoms with Crippen molar-refractivity contribution in [3.63, 3.8) is 0 Å². The maximum Gasteiger partial charge on any atom is 0.0613 e. The van der Waals surface area contributed by atoms with Gasteiger partial charge in [-0.2, -0.15) is 0 Å². The van der Waals surface area contributed by atoms with E-state index in [0.717, 1.165) is 12.0 Å². The third-order valence-corrected chi connectivity index (χ3v) is 4.97. The summed E-state index contributed by atoms with van der Waals surface area (Å²) in [5, 5.41) is 11.6. The lowest BCUT2D eigenvalue weighted by atomic mass is 9.77. The molecule has 2 rings (SSSR count). The van der Waals surface area contributed by atoms with Crippen molar-refractivity contribution in [3.05, 3.63) is 33.8 Å². The Morgan fingerprint density at radius 1 is 1.33 bits per heavy atom. The molecule has 1 aromatic rings. The van der Waals surface area contributed by atoms with Crippen LogP contribution in [0.15, 0.2) is 18.2 Å². The molecule has 18 heavy (non-hydrogen) atoms. The van der Waals surface area contributed by atoms with Crippen molar-refractivity contribution in [3.8, 4) is 0 Å². The molecular weight excluding hydrogens is 267 g/mol. The molecule has 1 aliphatic rings. The van der Waals surface area contributed by atoms with E-state index >= 15 is 0 Å². The zero-order valence-corrected chi connectivity index (χ0v) is 12.4. The summed E-state index contributed by atoms with van der Waals surface area (Å²) in [5.74, 6) is 0.381. The molecule has 0 heterocycles. The molecule has 0 bridgehead atoms. The zero-order chi connectivity index (χ0) is 13.3. The first-order valence-corrected chi connectivity index (χ1v) is 7.28. The fourth-order valence-corrected chi connectivity index (χ4v) is 3.44. The van der Waals surface area contributed by atoms with Crippen LogP contribution in [0.25, 0.3) is 0 Å². The van der Waals surface area contributed by atoms with Gasteiger partial charge in [0, 0.05) is 0 Å². The minimum atomic E-state index is -0.292. The van der Waals surface area contributed by atoms with Crippen LogP contribution in [0, 0.1) is 11.3 Å². The van der Waals surface area contributed by atoms with Crippen LogP contribution < -0.4 is 0 Å². The van der Waals surface area contributed by atoms with Crippen LogP contribution in [0.5, 0.6) is 0 Å². The lowest BCUT2D eigenvalue weighted by Crippen LogP contribution is -2.31. The van der Waals surface area contributed by atoms with Gasteiger partial charge in [-0.25, -0.2) is 0 Å². The highest BCUT2D eigenvalue weighted by Crippen LogP contribution is 2.45. The number of halogens is 2. The lowest BCUT2D eigenvalue weighted by Gasteiger charge is -2.31. The van der Waals surface area contributed by atoms with E-state index in [0.29, 0.717) is 22.4 Å². The van der Waals surface area contributed by atoms with Crippen LogP contribution in [-0.2, 0) is 6.42 Å². The average molecular weight is 287 g/mol. The number of rotatable bonds is 3. The maximum atomic E-state index is 10.4. The fraction of sp³-hybridized carbons (Fsp3) is 0.600. The molecule has 100 valence electrons. The number of hydrogen-bond acceptors (Lipinski definition) is 1. The average Bonchev–Trinajstić information content (AvgIpc) is 2.63. The Bertz CT molecular complexity index is 429. The van der Waals surface area contributed by atoms with Gasteiger partial charge in [-0.05, 0) is 48.3 Å². The van der Waals surface area contributed by atoms with E-state index in [9.17, 15) is 5.11 Å². The van der Waals surface area contributed by atoms with Crippen molar-refractivity contribution < 1.29 is 5.11 Å². The molecule has 1 aliphatic carbocycles. The van der Waals surface area contributed by atoms with Gasteiger partial charge < -0.3 is 5.11 Å². The van der Waals surface area contributed by atoms with Crippen LogP contribution in [-0.4, -0.2) is 11.2 Å². The van der Waals surface area contributed by atoms with E-state index < -0.39 is 0 Å². The molecule has 2 atom stereocenters. The fourth-order valence-electron chi connectivity index (χ4n) is 3.12. The highest BCUT2D eigenvalue weighted by atomic mass is 35.5. The molecule has 1 fully saturated rings. The molecule has 0 amide bonds. The van der Waals surface area contributed by atoms with Gasteiger partial charge in [0.05, 0.1) is 16.1 Å². The molecule has 0 spiro atoms. The van der Waals surface area contributed by atoms with Crippen molar-refractivity contribution in [1.82, 2.24) is 0 Å². The summed E-state index contributed by atoms with van der Waals surface area (Å²) in [7, 11) is 0. The quantitative estimate of drug-likeness (QED) is 0.852. The van der Waals surface area contributed by atoms with E-state index in [1.807, 2.05) is 12.1 Å². The molecule has 1 aromatic carbocycles. The predicted octanol–water partition coefficient (Wildman–Crippen LogP) is 4.72. The van der Waals surface area contributed by atoms with E-state index in [1.54, 1.807) is 6.07 Å². The summed E-state index contributed by atoms with van der Waals surface area (Å²) < 4.78 is 0. The van der Waals surface area contributed by atoms with Crippen molar-refractivity contribution in [2.45, 2.75) is 45.6 Å². The van der Waals surface area contributed by atoms with E-state index in [1.165, 1.54) is 12.8 Å². The SMILES string of the molecule is CC1(C)CCCC1C(O)Cc1ccc(Cl)c(Cl)c1. The van der Waals surface area contributed by atoms with Crippen LogP contribution >= 0.6 is 23.2 Å². The second-order valence-electron chi connectivity index (χ2n) is 6.01. The highest BCUT2D eigenvalue weighted by Gasteiger charge is 2.38. The largest absolute Gasteiger partial charge is 0.392 e. The van der Waals surface area contributed by atoms with Gasteiger partial charge in [0.15, 0.2) is 0 Å². The van der Waals surface area contributed by atoms with Gasteiger partial charge in [-0.1, -0.05) is 49.5 Å². The van der Waals surface area contributed by atoms with Gasteiger partial charge in [0.1, 0.15) is 0 Å². The Morgan fingerprint density at radius 2 is 2.06 bits per heavy atom. The third kappa shape index (κ3) is 3.01. The van der Waals surface area contributed by atoms with Crippen LogP contribution in [0.2, 0.25) is 10.0 Å². The Labute approximate surface area is 119 Å². The Hall–Kier alpha value is -0.240. The summed E-state index contributed by atoms with van der Waals surface area (Å²) in [6.07, 6.45) is 3.91. The molecule has 2 unspecified atom stereocenters. The lowest BCUT2D eigenvalue weighted by molar-refractivity contribution is 0.0543. The van der Waals surface area contributed by atoms with Gasteiger partial charge in [-0.15, -0.1) is 0 Å². The molecule has 0 radical (unpaired) electrons. The van der Waals surface area contributed by atoms with E-state index in [2.05, 4.69) is 13.8 Å². The molecule has 0 aliphatic heterocycles. The van der Waals surface area contributed by atoms with Crippen molar-refractivity contribution >= 4 is 23.2 Å². The van der Waals surface area contributed by atoms with Gasteiger partial charge in [0.2, 0.25) is 0 Å². The first-order chi connectivity index (χ1) is 8.40. The number of hydrogen-bond donors (Lipinski definition) is 1. The summed E-state index contributed by atoms with van der Waals surface area (Å²) in [4.78, 5) is 0. The first kappa shape index (κ1) is 14.2. The first-order valence-electron chi connectivity index (χ1n) is 6.52. The summed E-state index contributed by atoms with van der Waals surface area (Å²) in [5.41, 5.74) is 1.30. The Balaban J connectivity index is 2.07. The van der Waals surface area contributed by atoms with Gasteiger partial charge in [-0.3, -0.25) is 0 Å². The minimum absolute atomic E-state index is 0.246. The van der Waals surface area contributed by atoms with E-state index in [-0.39, 0.29) is 11.5 Å². The maximum absolute atomic E-state index is 10.4. The van der Waals surface area contributed by atoms with Crippen LogP contribution in [0.4, 0.5) is 0 Å². The zero-order valence-electron chi connectivity index (χ0n) is 10.9. The van der Waals surface area contributed by atoms with Crippen molar-refractivity contribution in [1.29, 1.82) is 0 Å². The van der Waals surface area contributed by atoms with Crippen LogP contribution in [0.3, 0.4) is 0 Å². The number of benzene rings is 1. The normalized spacial score (nSPS) is 24.2. The summed E-state index contributed by atoms with van der Waals surface area (Å²) in [6.45, 7) is 4.51. The van der Waals surface area contributed by atoms with Crippen LogP contribution in [0.1, 0.15) is 38.7 Å². The standard InChI is InChI=1S/C15H20Cl2O/c1-15(2)7-3-4-11(15)14(18)9-10-5-6-12(16)13(17)8-10/h5-6,8,11,14,18H,3-4,7,9H2,1-2H3. The molecular formula is C15H20Cl2O. The molecule has 1 nitrogen and oxygen atoms in total. The Kier molecular flexibility index (Phi) is 4.25. The molecule has 3 heteroatoms. The third-order valence-electron chi connectivity index (χ3n) is 4.23. The summed E-state index contributed by atoms with van der Waals surface area (Å²) in [6, 6.07) is 5.60. The molecule has 0 aromatic heterocycles. The molecule has 1 N–H and O–H groups in total. The Morgan fingerprint density at radius 3 is 2.61 bits per heavy atom. The number of aliphatic hydroxyl groups is 1. The van der Waals surface area contributed by atoms with Gasteiger partial charge >= 0.3 is 0 Å². The molecule has 0 saturated heterocycles.